The van der Waals surface area contributed by atoms with Crippen molar-refractivity contribution in [2.24, 2.45) is 11.8 Å². The maximum absolute atomic E-state index is 11.0. The molecule has 0 aromatic carbocycles. The molecule has 14 nitrogen and oxygen atoms in total. The van der Waals surface area contributed by atoms with Crippen molar-refractivity contribution >= 4 is 0 Å². The van der Waals surface area contributed by atoms with Gasteiger partial charge in [-0.3, -0.25) is 0 Å². The summed E-state index contributed by atoms with van der Waals surface area (Å²) in [4.78, 5) is 0. The van der Waals surface area contributed by atoms with Crippen LogP contribution in [0, 0.1) is 11.8 Å². The highest BCUT2D eigenvalue weighted by Gasteiger charge is 2.53. The third kappa shape index (κ3) is 6.61. The first-order valence-electron chi connectivity index (χ1n) is 14.8. The van der Waals surface area contributed by atoms with Crippen LogP contribution in [0.25, 0.3) is 0 Å². The second-order valence-corrected chi connectivity index (χ2v) is 12.5. The fraction of sp³-hybridized carbons (Fsp3) is 1.00. The number of hydrogen-bond acceptors (Lipinski definition) is 14. The Kier molecular flexibility index (Phi) is 10.3. The predicted molar refractivity (Wildman–Crippen MR) is 136 cm³/mol. The Bertz CT molecular complexity index is 841. The van der Waals surface area contributed by atoms with Crippen LogP contribution >= 0.6 is 0 Å². The van der Waals surface area contributed by atoms with Crippen molar-refractivity contribution in [2.75, 3.05) is 6.61 Å². The lowest BCUT2D eigenvalue weighted by atomic mass is 9.73. The highest BCUT2D eigenvalue weighted by atomic mass is 16.7. The van der Waals surface area contributed by atoms with E-state index in [2.05, 4.69) is 0 Å². The predicted octanol–water partition coefficient (Wildman–Crippen LogP) is -3.14. The van der Waals surface area contributed by atoms with E-state index in [0.717, 1.165) is 0 Å². The standard InChI is InChI=1S/C27H46O14/c1-10-19(32)20(33)22(35)26(37-10)41-25-18(9-28)40-27(23(36)21(25)34)39-17-8-14-15(31)6-13(30)7-16(14)38-24(17)11-2-4-12(29)5-3-11/h10-36H,2-9H2,1H3. The van der Waals surface area contributed by atoms with Gasteiger partial charge in [0.05, 0.1) is 49.3 Å². The molecule has 41 heavy (non-hydrogen) atoms. The zero-order chi connectivity index (χ0) is 29.6. The summed E-state index contributed by atoms with van der Waals surface area (Å²) in [6.45, 7) is 0.820. The fourth-order valence-electron chi connectivity index (χ4n) is 7.16. The number of rotatable bonds is 6. The Morgan fingerprint density at radius 2 is 1.32 bits per heavy atom. The molecule has 9 N–H and O–H groups in total. The van der Waals surface area contributed by atoms with Gasteiger partial charge in [0, 0.05) is 5.92 Å². The van der Waals surface area contributed by atoms with Crippen LogP contribution < -0.4 is 0 Å². The molecule has 238 valence electrons. The minimum Gasteiger partial charge on any atom is -0.394 e. The van der Waals surface area contributed by atoms with Crippen LogP contribution in [0.3, 0.4) is 0 Å². The minimum absolute atomic E-state index is 0.0182. The lowest BCUT2D eigenvalue weighted by molar-refractivity contribution is -0.367. The van der Waals surface area contributed by atoms with Gasteiger partial charge in [-0.15, -0.1) is 0 Å². The van der Waals surface area contributed by atoms with E-state index in [4.69, 9.17) is 23.7 Å². The van der Waals surface area contributed by atoms with E-state index >= 15 is 0 Å². The van der Waals surface area contributed by atoms with Crippen molar-refractivity contribution < 1.29 is 69.6 Å². The summed E-state index contributed by atoms with van der Waals surface area (Å²) in [7, 11) is 0. The van der Waals surface area contributed by atoms with Gasteiger partial charge in [0.25, 0.3) is 0 Å². The number of aliphatic hydroxyl groups is 9. The Morgan fingerprint density at radius 3 is 2.00 bits per heavy atom. The topological polar surface area (TPSA) is 228 Å². The summed E-state index contributed by atoms with van der Waals surface area (Å²) in [6.07, 6.45) is -14.2. The van der Waals surface area contributed by atoms with Crippen LogP contribution in [0.5, 0.6) is 0 Å². The lowest BCUT2D eigenvalue weighted by Gasteiger charge is -2.51. The van der Waals surface area contributed by atoms with E-state index in [1.807, 2.05) is 0 Å². The van der Waals surface area contributed by atoms with Gasteiger partial charge in [-0.1, -0.05) is 0 Å². The molecular weight excluding hydrogens is 548 g/mol. The van der Waals surface area contributed by atoms with Crippen molar-refractivity contribution in [3.8, 4) is 0 Å². The zero-order valence-corrected chi connectivity index (χ0v) is 23.1. The van der Waals surface area contributed by atoms with E-state index in [1.54, 1.807) is 0 Å². The van der Waals surface area contributed by atoms with Crippen molar-refractivity contribution in [3.63, 3.8) is 0 Å². The molecule has 14 heteroatoms. The minimum atomic E-state index is -1.67. The molecule has 2 saturated carbocycles. The molecule has 0 aromatic rings. The van der Waals surface area contributed by atoms with Gasteiger partial charge in [-0.25, -0.2) is 0 Å². The molecule has 16 atom stereocenters. The molecule has 0 amide bonds. The Hall–Kier alpha value is -0.560. The van der Waals surface area contributed by atoms with E-state index in [0.29, 0.717) is 38.5 Å². The summed E-state index contributed by atoms with van der Waals surface area (Å²) in [6, 6.07) is 0. The third-order valence-corrected chi connectivity index (χ3v) is 9.63. The van der Waals surface area contributed by atoms with Crippen molar-refractivity contribution in [3.05, 3.63) is 0 Å². The SMILES string of the molecule is CC1OC(OC2C(CO)OC(OC3CC4C(O)CC(O)CC4OC3C3CCC(O)CC3)C(O)C2O)C(O)C(O)C1O. The van der Waals surface area contributed by atoms with Gasteiger partial charge in [0.1, 0.15) is 42.7 Å². The summed E-state index contributed by atoms with van der Waals surface area (Å²) in [5.41, 5.74) is 0. The quantitative estimate of drug-likeness (QED) is 0.148. The van der Waals surface area contributed by atoms with Crippen molar-refractivity contribution in [1.29, 1.82) is 0 Å². The molecule has 0 bridgehead atoms. The van der Waals surface area contributed by atoms with Crippen molar-refractivity contribution in [1.82, 2.24) is 0 Å². The van der Waals surface area contributed by atoms with Crippen LogP contribution in [-0.2, 0) is 23.7 Å². The van der Waals surface area contributed by atoms with Crippen LogP contribution in [0.4, 0.5) is 0 Å². The largest absolute Gasteiger partial charge is 0.394 e. The molecule has 5 rings (SSSR count). The monoisotopic (exact) mass is 594 g/mol. The molecule has 0 radical (unpaired) electrons. The summed E-state index contributed by atoms with van der Waals surface area (Å²) < 4.78 is 29.7. The molecule has 0 spiro atoms. The molecule has 3 aliphatic heterocycles. The summed E-state index contributed by atoms with van der Waals surface area (Å²) >= 11 is 0. The fourth-order valence-corrected chi connectivity index (χ4v) is 7.16. The number of aliphatic hydroxyl groups excluding tert-OH is 9. The molecular formula is C27H46O14. The third-order valence-electron chi connectivity index (χ3n) is 9.63. The number of fused-ring (bicyclic) bond motifs is 1. The van der Waals surface area contributed by atoms with Gasteiger partial charge < -0.3 is 69.6 Å². The number of ether oxygens (including phenoxy) is 5. The normalized spacial score (nSPS) is 54.9. The molecule has 5 fully saturated rings. The second-order valence-electron chi connectivity index (χ2n) is 12.5. The first-order valence-corrected chi connectivity index (χ1v) is 14.8. The van der Waals surface area contributed by atoms with Crippen LogP contribution in [0.15, 0.2) is 0 Å². The number of hydrogen-bond donors (Lipinski definition) is 9. The average molecular weight is 595 g/mol. The smallest absolute Gasteiger partial charge is 0.187 e. The van der Waals surface area contributed by atoms with Crippen molar-refractivity contribution in [2.45, 2.75) is 150 Å². The summed E-state index contributed by atoms with van der Waals surface area (Å²) in [5.74, 6) is -0.303. The molecule has 5 aliphatic rings. The molecule has 0 aromatic heterocycles. The Balaban J connectivity index is 1.30. The highest BCUT2D eigenvalue weighted by molar-refractivity contribution is 4.99. The Morgan fingerprint density at radius 1 is 0.659 bits per heavy atom. The molecule has 3 saturated heterocycles. The van der Waals surface area contributed by atoms with Gasteiger partial charge >= 0.3 is 0 Å². The van der Waals surface area contributed by atoms with Gasteiger partial charge in [0.15, 0.2) is 12.6 Å². The second kappa shape index (κ2) is 13.2. The first-order chi connectivity index (χ1) is 19.5. The van der Waals surface area contributed by atoms with Gasteiger partial charge in [-0.05, 0) is 57.8 Å². The Labute approximate surface area is 238 Å². The van der Waals surface area contributed by atoms with Crippen LogP contribution in [0.1, 0.15) is 51.9 Å². The highest BCUT2D eigenvalue weighted by Crippen LogP contribution is 2.43. The van der Waals surface area contributed by atoms with Crippen LogP contribution in [0.2, 0.25) is 0 Å². The summed E-state index contributed by atoms with van der Waals surface area (Å²) in [5, 5.41) is 93.5. The lowest BCUT2D eigenvalue weighted by Crippen LogP contribution is -2.65. The maximum atomic E-state index is 11.0. The first kappa shape index (κ1) is 31.9. The van der Waals surface area contributed by atoms with E-state index in [1.165, 1.54) is 6.92 Å². The van der Waals surface area contributed by atoms with E-state index in [9.17, 15) is 46.0 Å². The maximum Gasteiger partial charge on any atom is 0.187 e. The molecule has 16 unspecified atom stereocenters. The van der Waals surface area contributed by atoms with E-state index < -0.39 is 92.4 Å². The average Bonchev–Trinajstić information content (AvgIpc) is 2.94. The van der Waals surface area contributed by atoms with Gasteiger partial charge in [-0.2, -0.15) is 0 Å². The zero-order valence-electron chi connectivity index (χ0n) is 23.1. The van der Waals surface area contributed by atoms with Crippen LogP contribution in [-0.4, -0.2) is 151 Å². The molecule has 2 aliphatic carbocycles. The molecule has 3 heterocycles. The van der Waals surface area contributed by atoms with Gasteiger partial charge in [0.2, 0.25) is 0 Å². The van der Waals surface area contributed by atoms with E-state index in [-0.39, 0.29) is 30.5 Å².